The molecule has 0 fully saturated rings. The van der Waals surface area contributed by atoms with E-state index in [-0.39, 0.29) is 22.2 Å². The maximum absolute atomic E-state index is 12.2. The van der Waals surface area contributed by atoms with Gasteiger partial charge in [0.1, 0.15) is 0 Å². The molecule has 0 aliphatic heterocycles. The fraction of sp³-hybridized carbons (Fsp3) is 0.462. The highest BCUT2D eigenvalue weighted by atomic mass is 35.5. The molecule has 1 aromatic rings. The van der Waals surface area contributed by atoms with Crippen molar-refractivity contribution in [3.8, 4) is 0 Å². The van der Waals surface area contributed by atoms with Crippen molar-refractivity contribution in [3.63, 3.8) is 0 Å². The van der Waals surface area contributed by atoms with Crippen LogP contribution >= 0.6 is 11.6 Å². The van der Waals surface area contributed by atoms with Gasteiger partial charge in [-0.3, -0.25) is 4.79 Å². The number of carbonyl (C=O) groups is 1. The second-order valence-corrected chi connectivity index (χ2v) is 7.91. The summed E-state index contributed by atoms with van der Waals surface area (Å²) in [5.41, 5.74) is 5.94. The molecule has 0 saturated heterocycles. The number of halogens is 1. The lowest BCUT2D eigenvalue weighted by Gasteiger charge is -2.20. The molecule has 0 saturated carbocycles. The van der Waals surface area contributed by atoms with E-state index in [1.54, 1.807) is 27.7 Å². The molecular formula is C13H20ClN3O3S. The first kappa shape index (κ1) is 17.7. The Kier molecular flexibility index (Phi) is 5.25. The molecule has 0 atom stereocenters. The quantitative estimate of drug-likeness (QED) is 0.725. The number of benzene rings is 1. The standard InChI is InChI=1S/C13H20ClN3O3S/c1-8-10(15)5-9(14)6-11(8)21(19,20)16-7-12(18)17-13(2,3)4/h5-6,16H,7,15H2,1-4H3,(H,17,18). The van der Waals surface area contributed by atoms with Gasteiger partial charge >= 0.3 is 0 Å². The molecule has 0 radical (unpaired) electrons. The van der Waals surface area contributed by atoms with Crippen LogP contribution < -0.4 is 15.8 Å². The van der Waals surface area contributed by atoms with Gasteiger partial charge < -0.3 is 11.1 Å². The monoisotopic (exact) mass is 333 g/mol. The third-order valence-corrected chi connectivity index (χ3v) is 4.34. The van der Waals surface area contributed by atoms with Gasteiger partial charge in [-0.2, -0.15) is 0 Å². The molecule has 21 heavy (non-hydrogen) atoms. The maximum atomic E-state index is 12.2. The molecule has 8 heteroatoms. The summed E-state index contributed by atoms with van der Waals surface area (Å²) in [6, 6.07) is 2.78. The second-order valence-electron chi connectivity index (χ2n) is 5.74. The molecule has 1 amide bonds. The molecule has 0 aliphatic carbocycles. The average Bonchev–Trinajstić information content (AvgIpc) is 2.29. The van der Waals surface area contributed by atoms with E-state index < -0.39 is 21.5 Å². The highest BCUT2D eigenvalue weighted by Gasteiger charge is 2.21. The molecule has 0 spiro atoms. The number of nitrogens with two attached hydrogens (primary N) is 1. The Hall–Kier alpha value is -1.31. The number of anilines is 1. The first-order valence-corrected chi connectivity index (χ1v) is 8.15. The van der Waals surface area contributed by atoms with E-state index in [4.69, 9.17) is 17.3 Å². The van der Waals surface area contributed by atoms with Crippen LogP contribution in [0.4, 0.5) is 5.69 Å². The Morgan fingerprint density at radius 3 is 2.43 bits per heavy atom. The molecule has 4 N–H and O–H groups in total. The largest absolute Gasteiger partial charge is 0.398 e. The second kappa shape index (κ2) is 6.21. The predicted octanol–water partition coefficient (Wildman–Crippen LogP) is 1.42. The summed E-state index contributed by atoms with van der Waals surface area (Å²) in [4.78, 5) is 11.6. The van der Waals surface area contributed by atoms with Crippen LogP contribution in [-0.2, 0) is 14.8 Å². The topological polar surface area (TPSA) is 101 Å². The molecule has 118 valence electrons. The van der Waals surface area contributed by atoms with Gasteiger partial charge in [-0.05, 0) is 45.4 Å². The molecule has 6 nitrogen and oxygen atoms in total. The average molecular weight is 334 g/mol. The summed E-state index contributed by atoms with van der Waals surface area (Å²) in [7, 11) is -3.86. The van der Waals surface area contributed by atoms with Crippen LogP contribution in [0.25, 0.3) is 0 Å². The third kappa shape index (κ3) is 5.18. The number of sulfonamides is 1. The van der Waals surface area contributed by atoms with Gasteiger partial charge in [0.05, 0.1) is 11.4 Å². The van der Waals surface area contributed by atoms with Crippen molar-refractivity contribution < 1.29 is 13.2 Å². The normalized spacial score (nSPS) is 12.2. The minimum atomic E-state index is -3.86. The fourth-order valence-electron chi connectivity index (χ4n) is 1.65. The zero-order valence-electron chi connectivity index (χ0n) is 12.5. The summed E-state index contributed by atoms with van der Waals surface area (Å²) in [6.07, 6.45) is 0. The molecule has 0 bridgehead atoms. The number of nitrogen functional groups attached to an aromatic ring is 1. The maximum Gasteiger partial charge on any atom is 0.241 e. The van der Waals surface area contributed by atoms with Crippen LogP contribution in [0.15, 0.2) is 17.0 Å². The van der Waals surface area contributed by atoms with E-state index in [9.17, 15) is 13.2 Å². The van der Waals surface area contributed by atoms with Gasteiger partial charge in [-0.25, -0.2) is 13.1 Å². The van der Waals surface area contributed by atoms with Crippen molar-refractivity contribution in [3.05, 3.63) is 22.7 Å². The van der Waals surface area contributed by atoms with Crippen molar-refractivity contribution in [2.24, 2.45) is 0 Å². The summed E-state index contributed by atoms with van der Waals surface area (Å²) in [5, 5.41) is 2.88. The molecule has 0 unspecified atom stereocenters. The Morgan fingerprint density at radius 1 is 1.33 bits per heavy atom. The molecule has 0 aromatic heterocycles. The lowest BCUT2D eigenvalue weighted by Crippen LogP contribution is -2.45. The number of hydrogen-bond donors (Lipinski definition) is 3. The zero-order valence-corrected chi connectivity index (χ0v) is 14.0. The van der Waals surface area contributed by atoms with Crippen LogP contribution in [-0.4, -0.2) is 26.4 Å². The number of rotatable bonds is 4. The van der Waals surface area contributed by atoms with E-state index >= 15 is 0 Å². The SMILES string of the molecule is Cc1c(N)cc(Cl)cc1S(=O)(=O)NCC(=O)NC(C)(C)C. The van der Waals surface area contributed by atoms with Crippen LogP contribution in [0.2, 0.25) is 5.02 Å². The van der Waals surface area contributed by atoms with Crippen LogP contribution in [0, 0.1) is 6.92 Å². The Labute approximate surface area is 130 Å². The van der Waals surface area contributed by atoms with E-state index in [1.165, 1.54) is 12.1 Å². The third-order valence-electron chi connectivity index (χ3n) is 2.59. The summed E-state index contributed by atoms with van der Waals surface area (Å²) in [5.74, 6) is -0.418. The lowest BCUT2D eigenvalue weighted by atomic mass is 10.1. The fourth-order valence-corrected chi connectivity index (χ4v) is 3.23. The molecule has 1 aromatic carbocycles. The van der Waals surface area contributed by atoms with Crippen molar-refractivity contribution in [2.75, 3.05) is 12.3 Å². The Bertz CT molecular complexity index is 651. The molecular weight excluding hydrogens is 314 g/mol. The van der Waals surface area contributed by atoms with E-state index in [0.717, 1.165) is 0 Å². The van der Waals surface area contributed by atoms with E-state index in [0.29, 0.717) is 5.56 Å². The summed E-state index contributed by atoms with van der Waals surface area (Å²) >= 11 is 5.83. The van der Waals surface area contributed by atoms with Crippen molar-refractivity contribution in [2.45, 2.75) is 38.1 Å². The Balaban J connectivity index is 2.91. The first-order chi connectivity index (χ1) is 9.42. The van der Waals surface area contributed by atoms with Crippen molar-refractivity contribution >= 4 is 33.2 Å². The summed E-state index contributed by atoms with van der Waals surface area (Å²) in [6.45, 7) is 6.64. The van der Waals surface area contributed by atoms with Crippen molar-refractivity contribution in [1.29, 1.82) is 0 Å². The highest BCUT2D eigenvalue weighted by molar-refractivity contribution is 7.89. The number of carbonyl (C=O) groups excluding carboxylic acids is 1. The van der Waals surface area contributed by atoms with Gasteiger partial charge in [0.2, 0.25) is 15.9 Å². The van der Waals surface area contributed by atoms with Crippen LogP contribution in [0.3, 0.4) is 0 Å². The van der Waals surface area contributed by atoms with Gasteiger partial charge in [0.15, 0.2) is 0 Å². The minimum Gasteiger partial charge on any atom is -0.398 e. The van der Waals surface area contributed by atoms with Gasteiger partial charge in [-0.1, -0.05) is 11.6 Å². The zero-order chi connectivity index (χ0) is 16.4. The highest BCUT2D eigenvalue weighted by Crippen LogP contribution is 2.25. The van der Waals surface area contributed by atoms with Crippen molar-refractivity contribution in [1.82, 2.24) is 10.0 Å². The Morgan fingerprint density at radius 2 is 1.90 bits per heavy atom. The molecule has 1 rings (SSSR count). The first-order valence-electron chi connectivity index (χ1n) is 6.29. The van der Waals surface area contributed by atoms with E-state index in [2.05, 4.69) is 10.0 Å². The summed E-state index contributed by atoms with van der Waals surface area (Å²) < 4.78 is 26.7. The number of hydrogen-bond acceptors (Lipinski definition) is 4. The minimum absolute atomic E-state index is 0.0314. The molecule has 0 aliphatic rings. The number of nitrogens with one attached hydrogen (secondary N) is 2. The van der Waals surface area contributed by atoms with E-state index in [1.807, 2.05) is 0 Å². The van der Waals surface area contributed by atoms with Gasteiger partial charge in [-0.15, -0.1) is 0 Å². The lowest BCUT2D eigenvalue weighted by molar-refractivity contribution is -0.121. The smallest absolute Gasteiger partial charge is 0.241 e. The van der Waals surface area contributed by atoms with Crippen LogP contribution in [0.5, 0.6) is 0 Å². The molecule has 0 heterocycles. The van der Waals surface area contributed by atoms with Gasteiger partial charge in [0, 0.05) is 16.2 Å². The predicted molar refractivity (Wildman–Crippen MR) is 83.7 cm³/mol. The van der Waals surface area contributed by atoms with Gasteiger partial charge in [0.25, 0.3) is 0 Å². The number of amides is 1. The van der Waals surface area contributed by atoms with Crippen LogP contribution in [0.1, 0.15) is 26.3 Å².